The maximum atomic E-state index is 11.9. The minimum absolute atomic E-state index is 0.149. The number of rotatable bonds is 6. The first kappa shape index (κ1) is 14.4. The molecule has 0 unspecified atom stereocenters. The van der Waals surface area contributed by atoms with Gasteiger partial charge in [-0.05, 0) is 11.4 Å². The van der Waals surface area contributed by atoms with E-state index >= 15 is 0 Å². The maximum Gasteiger partial charge on any atom is 0.265 e. The van der Waals surface area contributed by atoms with Crippen LogP contribution in [-0.4, -0.2) is 43.2 Å². The van der Waals surface area contributed by atoms with Gasteiger partial charge in [-0.15, -0.1) is 11.3 Å². The van der Waals surface area contributed by atoms with Crippen LogP contribution in [0, 0.1) is 0 Å². The first-order chi connectivity index (χ1) is 9.70. The quantitative estimate of drug-likeness (QED) is 0.880. The predicted octanol–water partition coefficient (Wildman–Crippen LogP) is 1.87. The van der Waals surface area contributed by atoms with Crippen LogP contribution in [0.4, 0.5) is 11.6 Å². The molecule has 1 N–H and O–H groups in total. The van der Waals surface area contributed by atoms with Gasteiger partial charge in [0.15, 0.2) is 0 Å². The summed E-state index contributed by atoms with van der Waals surface area (Å²) in [6.07, 6.45) is 3.19. The lowest BCUT2D eigenvalue weighted by molar-refractivity contribution is 0.103. The van der Waals surface area contributed by atoms with E-state index in [9.17, 15) is 4.79 Å². The number of ether oxygens (including phenoxy) is 1. The summed E-state index contributed by atoms with van der Waals surface area (Å²) >= 11 is 1.39. The number of hydrogen-bond acceptors (Lipinski definition) is 6. The van der Waals surface area contributed by atoms with Crippen molar-refractivity contribution in [1.29, 1.82) is 0 Å². The first-order valence-electron chi connectivity index (χ1n) is 6.07. The van der Waals surface area contributed by atoms with E-state index in [1.165, 1.54) is 11.3 Å². The number of aromatic nitrogens is 2. The third-order valence-electron chi connectivity index (χ3n) is 2.61. The van der Waals surface area contributed by atoms with Crippen molar-refractivity contribution in [2.45, 2.75) is 0 Å². The number of nitrogens with one attached hydrogen (secondary N) is 1. The van der Waals surface area contributed by atoms with Gasteiger partial charge in [-0.3, -0.25) is 4.79 Å². The average Bonchev–Trinajstić information content (AvgIpc) is 3.00. The van der Waals surface area contributed by atoms with Crippen LogP contribution in [0.25, 0.3) is 0 Å². The fourth-order valence-electron chi connectivity index (χ4n) is 1.51. The Balaban J connectivity index is 1.96. The van der Waals surface area contributed by atoms with Crippen LogP contribution in [0.15, 0.2) is 29.9 Å². The zero-order valence-electron chi connectivity index (χ0n) is 11.4. The number of likely N-dealkylation sites (N-methyl/N-ethyl adjacent to an activating group) is 1. The van der Waals surface area contributed by atoms with Crippen molar-refractivity contribution >= 4 is 28.9 Å². The third-order valence-corrected chi connectivity index (χ3v) is 3.48. The fourth-order valence-corrected chi connectivity index (χ4v) is 2.13. The summed E-state index contributed by atoms with van der Waals surface area (Å²) < 4.78 is 5.00. The zero-order valence-corrected chi connectivity index (χ0v) is 12.2. The maximum absolute atomic E-state index is 11.9. The van der Waals surface area contributed by atoms with Crippen molar-refractivity contribution in [3.05, 3.63) is 34.8 Å². The summed E-state index contributed by atoms with van der Waals surface area (Å²) in [5, 5.41) is 4.62. The van der Waals surface area contributed by atoms with Gasteiger partial charge in [0, 0.05) is 20.7 Å². The van der Waals surface area contributed by atoms with Gasteiger partial charge >= 0.3 is 0 Å². The number of hydrogen-bond donors (Lipinski definition) is 1. The second-order valence-electron chi connectivity index (χ2n) is 4.12. The van der Waals surface area contributed by atoms with Crippen molar-refractivity contribution in [2.75, 3.05) is 37.5 Å². The summed E-state index contributed by atoms with van der Waals surface area (Å²) in [6.45, 7) is 1.31. The molecule has 2 aromatic heterocycles. The number of methoxy groups -OCH3 is 1. The molecule has 0 aromatic carbocycles. The Kier molecular flexibility index (Phi) is 5.03. The van der Waals surface area contributed by atoms with Gasteiger partial charge in [0.2, 0.25) is 5.95 Å². The van der Waals surface area contributed by atoms with Crippen molar-refractivity contribution in [2.24, 2.45) is 0 Å². The Labute approximate surface area is 121 Å². The van der Waals surface area contributed by atoms with Crippen molar-refractivity contribution in [3.8, 4) is 0 Å². The summed E-state index contributed by atoms with van der Waals surface area (Å²) in [4.78, 5) is 22.8. The molecule has 0 bridgehead atoms. The highest BCUT2D eigenvalue weighted by molar-refractivity contribution is 7.12. The number of thiophene rings is 1. The number of nitrogens with zero attached hydrogens (tertiary/aromatic N) is 3. The molecule has 0 radical (unpaired) electrons. The van der Waals surface area contributed by atoms with E-state index in [2.05, 4.69) is 15.3 Å². The third kappa shape index (κ3) is 3.75. The summed E-state index contributed by atoms with van der Waals surface area (Å²) in [7, 11) is 3.54. The highest BCUT2D eigenvalue weighted by atomic mass is 32.1. The molecule has 0 spiro atoms. The largest absolute Gasteiger partial charge is 0.383 e. The molecule has 0 fully saturated rings. The molecule has 1 amide bonds. The first-order valence-corrected chi connectivity index (χ1v) is 6.95. The van der Waals surface area contributed by atoms with E-state index in [1.54, 1.807) is 25.6 Å². The lowest BCUT2D eigenvalue weighted by Crippen LogP contribution is -2.24. The highest BCUT2D eigenvalue weighted by Crippen LogP contribution is 2.13. The van der Waals surface area contributed by atoms with Gasteiger partial charge in [0.05, 0.1) is 29.6 Å². The topological polar surface area (TPSA) is 67.3 Å². The van der Waals surface area contributed by atoms with Crippen LogP contribution in [0.5, 0.6) is 0 Å². The van der Waals surface area contributed by atoms with Crippen LogP contribution < -0.4 is 10.2 Å². The zero-order chi connectivity index (χ0) is 14.4. The molecule has 2 aromatic rings. The predicted molar refractivity (Wildman–Crippen MR) is 79.5 cm³/mol. The van der Waals surface area contributed by atoms with Gasteiger partial charge in [0.25, 0.3) is 5.91 Å². The monoisotopic (exact) mass is 292 g/mol. The van der Waals surface area contributed by atoms with Crippen molar-refractivity contribution < 1.29 is 9.53 Å². The van der Waals surface area contributed by atoms with Gasteiger partial charge in [0.1, 0.15) is 0 Å². The lowest BCUT2D eigenvalue weighted by Gasteiger charge is -2.16. The minimum Gasteiger partial charge on any atom is -0.383 e. The molecule has 20 heavy (non-hydrogen) atoms. The van der Waals surface area contributed by atoms with E-state index in [-0.39, 0.29) is 5.91 Å². The van der Waals surface area contributed by atoms with Crippen LogP contribution in [0.1, 0.15) is 9.67 Å². The fraction of sp³-hybridized carbons (Fsp3) is 0.308. The summed E-state index contributed by atoms with van der Waals surface area (Å²) in [5.74, 6) is 0.445. The smallest absolute Gasteiger partial charge is 0.265 e. The Bertz CT molecular complexity index is 542. The molecule has 2 rings (SSSR count). The van der Waals surface area contributed by atoms with E-state index in [0.717, 1.165) is 0 Å². The normalized spacial score (nSPS) is 10.3. The molecule has 106 valence electrons. The molecule has 6 nitrogen and oxygen atoms in total. The molecule has 0 saturated carbocycles. The van der Waals surface area contributed by atoms with Crippen LogP contribution >= 0.6 is 11.3 Å². The van der Waals surface area contributed by atoms with E-state index in [1.807, 2.05) is 23.4 Å². The van der Waals surface area contributed by atoms with Crippen LogP contribution in [0.2, 0.25) is 0 Å². The molecule has 0 saturated heterocycles. The van der Waals surface area contributed by atoms with Crippen molar-refractivity contribution in [1.82, 2.24) is 9.97 Å². The number of carbonyl (C=O) groups excluding carboxylic acids is 1. The van der Waals surface area contributed by atoms with E-state index in [0.29, 0.717) is 29.7 Å². The highest BCUT2D eigenvalue weighted by Gasteiger charge is 2.08. The van der Waals surface area contributed by atoms with Gasteiger partial charge in [-0.25, -0.2) is 9.97 Å². The second-order valence-corrected chi connectivity index (χ2v) is 5.07. The second kappa shape index (κ2) is 6.97. The molecule has 0 aliphatic heterocycles. The minimum atomic E-state index is -0.149. The number of amides is 1. The van der Waals surface area contributed by atoms with Crippen LogP contribution in [0.3, 0.4) is 0 Å². The lowest BCUT2D eigenvalue weighted by atomic mass is 10.4. The summed E-state index contributed by atoms with van der Waals surface area (Å²) in [6, 6.07) is 3.61. The molecular formula is C13H16N4O2S. The van der Waals surface area contributed by atoms with Gasteiger partial charge < -0.3 is 15.0 Å². The molecule has 0 atom stereocenters. The molecule has 0 aliphatic carbocycles. The Hall–Kier alpha value is -1.99. The standard InChI is InChI=1S/C13H16N4O2S/c1-17(5-6-19-2)13-14-8-10(9-15-13)16-12(18)11-4-3-7-20-11/h3-4,7-9H,5-6H2,1-2H3,(H,16,18). The van der Waals surface area contributed by atoms with Crippen molar-refractivity contribution in [3.63, 3.8) is 0 Å². The molecular weight excluding hydrogens is 276 g/mol. The molecule has 7 heteroatoms. The molecule has 2 heterocycles. The number of carbonyl (C=O) groups is 1. The number of anilines is 2. The van der Waals surface area contributed by atoms with E-state index < -0.39 is 0 Å². The van der Waals surface area contributed by atoms with Gasteiger partial charge in [-0.1, -0.05) is 6.07 Å². The van der Waals surface area contributed by atoms with Crippen LogP contribution in [-0.2, 0) is 4.74 Å². The molecule has 0 aliphatic rings. The average molecular weight is 292 g/mol. The van der Waals surface area contributed by atoms with Gasteiger partial charge in [-0.2, -0.15) is 0 Å². The summed E-state index contributed by atoms with van der Waals surface area (Å²) in [5.41, 5.74) is 0.576. The SMILES string of the molecule is COCCN(C)c1ncc(NC(=O)c2cccs2)cn1. The Morgan fingerprint density at radius 1 is 1.45 bits per heavy atom. The van der Waals surface area contributed by atoms with E-state index in [4.69, 9.17) is 4.74 Å². The Morgan fingerprint density at radius 3 is 2.80 bits per heavy atom. The Morgan fingerprint density at radius 2 is 2.20 bits per heavy atom.